The third-order valence-corrected chi connectivity index (χ3v) is 5.95. The lowest BCUT2D eigenvalue weighted by Crippen LogP contribution is -2.42. The summed E-state index contributed by atoms with van der Waals surface area (Å²) >= 11 is 0. The third-order valence-electron chi connectivity index (χ3n) is 5.95. The molecular formula is C25H34N4O3. The molecule has 0 atom stereocenters. The second kappa shape index (κ2) is 11.0. The molecule has 2 aromatic rings. The Kier molecular flexibility index (Phi) is 8.09. The van der Waals surface area contributed by atoms with Gasteiger partial charge in [-0.2, -0.15) is 0 Å². The first-order valence-electron chi connectivity index (χ1n) is 11.5. The summed E-state index contributed by atoms with van der Waals surface area (Å²) in [5.74, 6) is 0.250. The van der Waals surface area contributed by atoms with Gasteiger partial charge in [0.2, 0.25) is 5.91 Å². The monoisotopic (exact) mass is 438 g/mol. The zero-order valence-electron chi connectivity index (χ0n) is 19.1. The number of amides is 1. The van der Waals surface area contributed by atoms with Crippen molar-refractivity contribution in [2.24, 2.45) is 5.92 Å². The maximum atomic E-state index is 13.2. The number of nitrogen functional groups attached to an aromatic ring is 1. The molecule has 1 aromatic carbocycles. The Morgan fingerprint density at radius 2 is 1.94 bits per heavy atom. The summed E-state index contributed by atoms with van der Waals surface area (Å²) in [6.07, 6.45) is 8.41. The number of allylic oxidation sites excluding steroid dienone is 1. The van der Waals surface area contributed by atoms with Crippen LogP contribution in [0.15, 0.2) is 51.6 Å². The smallest absolute Gasteiger partial charge is 0.330 e. The summed E-state index contributed by atoms with van der Waals surface area (Å²) in [6, 6.07) is 9.42. The Balaban J connectivity index is 1.96. The van der Waals surface area contributed by atoms with E-state index < -0.39 is 11.2 Å². The predicted molar refractivity (Wildman–Crippen MR) is 129 cm³/mol. The van der Waals surface area contributed by atoms with Crippen molar-refractivity contribution in [1.29, 1.82) is 0 Å². The molecule has 32 heavy (non-hydrogen) atoms. The molecule has 172 valence electrons. The Morgan fingerprint density at radius 1 is 1.19 bits per heavy atom. The first-order valence-corrected chi connectivity index (χ1v) is 11.5. The third kappa shape index (κ3) is 5.99. The lowest BCUT2D eigenvalue weighted by atomic mass is 9.97. The van der Waals surface area contributed by atoms with E-state index in [0.717, 1.165) is 31.2 Å². The summed E-state index contributed by atoms with van der Waals surface area (Å²) in [4.78, 5) is 42.4. The molecule has 0 bridgehead atoms. The fraction of sp³-hybridized carbons (Fsp3) is 0.480. The lowest BCUT2D eigenvalue weighted by Gasteiger charge is -2.26. The molecule has 7 heteroatoms. The summed E-state index contributed by atoms with van der Waals surface area (Å²) < 4.78 is 1.33. The Bertz CT molecular complexity index is 1070. The van der Waals surface area contributed by atoms with Crippen molar-refractivity contribution in [2.75, 3.05) is 17.2 Å². The van der Waals surface area contributed by atoms with Crippen molar-refractivity contribution in [3.63, 3.8) is 0 Å². The highest BCUT2D eigenvalue weighted by molar-refractivity contribution is 5.95. The van der Waals surface area contributed by atoms with Crippen LogP contribution in [0.4, 0.5) is 11.5 Å². The number of rotatable bonds is 9. The van der Waals surface area contributed by atoms with Gasteiger partial charge in [0.15, 0.2) is 5.69 Å². The number of carbonyl (C=O) groups is 1. The van der Waals surface area contributed by atoms with Crippen molar-refractivity contribution in [1.82, 2.24) is 9.55 Å². The van der Waals surface area contributed by atoms with Crippen LogP contribution in [0.5, 0.6) is 0 Å². The van der Waals surface area contributed by atoms with Gasteiger partial charge in [-0.15, -0.1) is 0 Å². The molecule has 0 saturated heterocycles. The summed E-state index contributed by atoms with van der Waals surface area (Å²) in [6.45, 7) is 4.71. The van der Waals surface area contributed by atoms with E-state index in [1.165, 1.54) is 21.5 Å². The molecule has 0 fully saturated rings. The van der Waals surface area contributed by atoms with E-state index in [4.69, 9.17) is 5.73 Å². The van der Waals surface area contributed by atoms with E-state index in [-0.39, 0.29) is 24.0 Å². The maximum absolute atomic E-state index is 13.2. The number of nitrogens with zero attached hydrogens (tertiary/aromatic N) is 2. The molecule has 0 radical (unpaired) electrons. The summed E-state index contributed by atoms with van der Waals surface area (Å²) in [5, 5.41) is 0. The van der Waals surface area contributed by atoms with Crippen molar-refractivity contribution >= 4 is 17.4 Å². The van der Waals surface area contributed by atoms with Crippen LogP contribution in [0.25, 0.3) is 0 Å². The lowest BCUT2D eigenvalue weighted by molar-refractivity contribution is -0.118. The number of nitrogens with two attached hydrogens (primary N) is 1. The Morgan fingerprint density at radius 3 is 2.59 bits per heavy atom. The fourth-order valence-electron chi connectivity index (χ4n) is 4.06. The van der Waals surface area contributed by atoms with E-state index in [0.29, 0.717) is 25.3 Å². The highest BCUT2D eigenvalue weighted by Crippen LogP contribution is 2.24. The maximum Gasteiger partial charge on any atom is 0.330 e. The number of carbonyl (C=O) groups excluding carboxylic acids is 1. The molecule has 0 unspecified atom stereocenters. The van der Waals surface area contributed by atoms with Gasteiger partial charge in [0, 0.05) is 13.0 Å². The zero-order chi connectivity index (χ0) is 23.1. The largest absolute Gasteiger partial charge is 0.383 e. The molecule has 3 rings (SSSR count). The molecule has 1 aliphatic rings. The number of anilines is 2. The minimum Gasteiger partial charge on any atom is -0.383 e. The summed E-state index contributed by atoms with van der Waals surface area (Å²) in [7, 11) is 0. The average molecular weight is 439 g/mol. The molecule has 1 heterocycles. The minimum atomic E-state index is -0.618. The standard InChI is InChI=1S/C25H34N4O3/c1-18(2)13-14-21(30)28(16-15-19-9-5-3-6-10-19)22-23(26)29(25(32)27-24(22)31)17-20-11-7-4-8-12-20/h4,7-9,11-12,18H,3,5-6,10,13-17,26H2,1-2H3,(H,27,31,32). The number of H-pyrrole nitrogens is 1. The molecule has 1 aromatic heterocycles. The molecule has 3 N–H and O–H groups in total. The first kappa shape index (κ1) is 23.6. The van der Waals surface area contributed by atoms with Gasteiger partial charge in [-0.25, -0.2) is 4.79 Å². The van der Waals surface area contributed by atoms with Crippen LogP contribution in [0.1, 0.15) is 64.4 Å². The first-order chi connectivity index (χ1) is 15.4. The average Bonchev–Trinajstić information content (AvgIpc) is 2.78. The van der Waals surface area contributed by atoms with Gasteiger partial charge >= 0.3 is 5.69 Å². The van der Waals surface area contributed by atoms with Gasteiger partial charge in [-0.05, 0) is 50.0 Å². The van der Waals surface area contributed by atoms with Crippen molar-refractivity contribution in [3.8, 4) is 0 Å². The molecule has 7 nitrogen and oxygen atoms in total. The number of nitrogens with one attached hydrogen (secondary N) is 1. The second-order valence-corrected chi connectivity index (χ2v) is 8.90. The van der Waals surface area contributed by atoms with Gasteiger partial charge in [0.1, 0.15) is 5.82 Å². The van der Waals surface area contributed by atoms with E-state index in [9.17, 15) is 14.4 Å². The van der Waals surface area contributed by atoms with Crippen molar-refractivity contribution in [2.45, 2.75) is 65.3 Å². The molecule has 0 spiro atoms. The van der Waals surface area contributed by atoms with E-state index >= 15 is 0 Å². The second-order valence-electron chi connectivity index (χ2n) is 8.90. The van der Waals surface area contributed by atoms with Gasteiger partial charge in [0.25, 0.3) is 5.56 Å². The molecule has 1 aliphatic carbocycles. The number of benzene rings is 1. The minimum absolute atomic E-state index is 0.0260. The predicted octanol–water partition coefficient (Wildman–Crippen LogP) is 3.83. The quantitative estimate of drug-likeness (QED) is 0.581. The highest BCUT2D eigenvalue weighted by Gasteiger charge is 2.24. The van der Waals surface area contributed by atoms with Crippen LogP contribution in [-0.2, 0) is 11.3 Å². The van der Waals surface area contributed by atoms with E-state index in [2.05, 4.69) is 24.9 Å². The van der Waals surface area contributed by atoms with Crippen molar-refractivity contribution < 1.29 is 4.79 Å². The number of hydrogen-bond donors (Lipinski definition) is 2. The molecular weight excluding hydrogens is 404 g/mol. The van der Waals surface area contributed by atoms with Crippen LogP contribution in [0.3, 0.4) is 0 Å². The number of aromatic nitrogens is 2. The molecule has 0 saturated carbocycles. The Hall–Kier alpha value is -3.09. The SMILES string of the molecule is CC(C)CCC(=O)N(CCC1=CCCCC1)c1c(N)n(Cc2ccccc2)c(=O)[nH]c1=O. The van der Waals surface area contributed by atoms with Crippen LogP contribution < -0.4 is 21.9 Å². The topological polar surface area (TPSA) is 101 Å². The number of hydrogen-bond acceptors (Lipinski definition) is 4. The van der Waals surface area contributed by atoms with Crippen LogP contribution >= 0.6 is 0 Å². The van der Waals surface area contributed by atoms with E-state index in [1.807, 2.05) is 30.3 Å². The molecule has 0 aliphatic heterocycles. The van der Waals surface area contributed by atoms with Gasteiger partial charge in [0.05, 0.1) is 6.54 Å². The Labute approximate surface area is 189 Å². The van der Waals surface area contributed by atoms with Gasteiger partial charge in [-0.1, -0.05) is 55.8 Å². The van der Waals surface area contributed by atoms with Crippen LogP contribution in [0, 0.1) is 5.92 Å². The fourth-order valence-corrected chi connectivity index (χ4v) is 4.06. The van der Waals surface area contributed by atoms with Crippen LogP contribution in [-0.4, -0.2) is 22.0 Å². The van der Waals surface area contributed by atoms with Crippen LogP contribution in [0.2, 0.25) is 0 Å². The molecule has 1 amide bonds. The van der Waals surface area contributed by atoms with Gasteiger partial charge in [-0.3, -0.25) is 19.1 Å². The van der Waals surface area contributed by atoms with Gasteiger partial charge < -0.3 is 10.6 Å². The van der Waals surface area contributed by atoms with Crippen molar-refractivity contribution in [3.05, 3.63) is 68.4 Å². The number of aromatic amines is 1. The van der Waals surface area contributed by atoms with E-state index in [1.54, 1.807) is 0 Å². The normalized spacial score (nSPS) is 13.8. The zero-order valence-corrected chi connectivity index (χ0v) is 19.1. The summed E-state index contributed by atoms with van der Waals surface area (Å²) in [5.41, 5.74) is 7.44. The highest BCUT2D eigenvalue weighted by atomic mass is 16.2.